The number of hydrogen-bond donors (Lipinski definition) is 1. The Bertz CT molecular complexity index is 690. The molecule has 0 atom stereocenters. The van der Waals surface area contributed by atoms with Gasteiger partial charge in [0, 0.05) is 19.7 Å². The lowest BCUT2D eigenvalue weighted by Gasteiger charge is -2.17. The molecule has 7 heteroatoms. The molecule has 0 fully saturated rings. The zero-order valence-electron chi connectivity index (χ0n) is 11.9. The summed E-state index contributed by atoms with van der Waals surface area (Å²) in [5.74, 6) is -0.891. The van der Waals surface area contributed by atoms with Gasteiger partial charge in [0.05, 0.1) is 18.1 Å². The number of rotatable bonds is 6. The number of carboxylic acids is 1. The smallest absolute Gasteiger partial charge is 0.339 e. The summed E-state index contributed by atoms with van der Waals surface area (Å²) in [6.45, 7) is 2.87. The summed E-state index contributed by atoms with van der Waals surface area (Å²) in [7, 11) is 1.89. The lowest BCUT2D eigenvalue weighted by atomic mass is 10.2. The van der Waals surface area contributed by atoms with Gasteiger partial charge in [0.25, 0.3) is 5.56 Å². The van der Waals surface area contributed by atoms with E-state index in [4.69, 9.17) is 9.52 Å². The van der Waals surface area contributed by atoms with Crippen molar-refractivity contribution in [3.63, 3.8) is 0 Å². The number of carbonyl (C=O) groups is 1. The van der Waals surface area contributed by atoms with Crippen LogP contribution in [0.1, 0.15) is 29.5 Å². The molecule has 0 radical (unpaired) electrons. The second-order valence-electron chi connectivity index (χ2n) is 4.69. The van der Waals surface area contributed by atoms with E-state index < -0.39 is 5.97 Å². The Balaban J connectivity index is 2.24. The molecule has 0 saturated heterocycles. The van der Waals surface area contributed by atoms with Crippen LogP contribution in [0.3, 0.4) is 0 Å². The Morgan fingerprint density at radius 2 is 2.29 bits per heavy atom. The van der Waals surface area contributed by atoms with Gasteiger partial charge in [-0.1, -0.05) is 6.92 Å². The Labute approximate surface area is 121 Å². The van der Waals surface area contributed by atoms with Gasteiger partial charge in [0.2, 0.25) is 0 Å². The van der Waals surface area contributed by atoms with Crippen molar-refractivity contribution in [3.8, 4) is 0 Å². The first-order chi connectivity index (χ1) is 10.0. The van der Waals surface area contributed by atoms with Crippen molar-refractivity contribution in [1.82, 2.24) is 9.78 Å². The second kappa shape index (κ2) is 6.25. The van der Waals surface area contributed by atoms with Gasteiger partial charge in [-0.3, -0.25) is 4.79 Å². The summed E-state index contributed by atoms with van der Waals surface area (Å²) >= 11 is 0. The van der Waals surface area contributed by atoms with Gasteiger partial charge in [0.15, 0.2) is 0 Å². The molecule has 0 spiro atoms. The lowest BCUT2D eigenvalue weighted by molar-refractivity contribution is 0.0694. The Kier molecular flexibility index (Phi) is 4.42. The first kappa shape index (κ1) is 14.8. The van der Waals surface area contributed by atoms with Crippen molar-refractivity contribution in [2.75, 3.05) is 18.5 Å². The number of carboxylic acid groups (broad SMARTS) is 1. The summed E-state index contributed by atoms with van der Waals surface area (Å²) in [4.78, 5) is 25.0. The van der Waals surface area contributed by atoms with E-state index in [0.717, 1.165) is 18.7 Å². The highest BCUT2D eigenvalue weighted by atomic mass is 16.4. The summed E-state index contributed by atoms with van der Waals surface area (Å²) in [6.07, 6.45) is 3.83. The molecule has 21 heavy (non-hydrogen) atoms. The first-order valence-corrected chi connectivity index (χ1v) is 6.61. The molecule has 7 nitrogen and oxygen atoms in total. The Morgan fingerprint density at radius 1 is 1.52 bits per heavy atom. The van der Waals surface area contributed by atoms with Gasteiger partial charge in [-0.15, -0.1) is 0 Å². The van der Waals surface area contributed by atoms with E-state index in [-0.39, 0.29) is 23.4 Å². The molecule has 2 rings (SSSR count). The third-order valence-corrected chi connectivity index (χ3v) is 3.12. The van der Waals surface area contributed by atoms with E-state index in [1.807, 2.05) is 11.9 Å². The van der Waals surface area contributed by atoms with Crippen LogP contribution in [0.25, 0.3) is 0 Å². The van der Waals surface area contributed by atoms with Crippen LogP contribution in [0.15, 0.2) is 33.8 Å². The van der Waals surface area contributed by atoms with Gasteiger partial charge >= 0.3 is 5.97 Å². The first-order valence-electron chi connectivity index (χ1n) is 6.61. The number of hydrogen-bond acceptors (Lipinski definition) is 5. The Morgan fingerprint density at radius 3 is 2.90 bits per heavy atom. The van der Waals surface area contributed by atoms with E-state index in [2.05, 4.69) is 12.0 Å². The quantitative estimate of drug-likeness (QED) is 0.866. The molecular weight excluding hydrogens is 274 g/mol. The number of furan rings is 1. The van der Waals surface area contributed by atoms with Crippen molar-refractivity contribution in [3.05, 3.63) is 46.3 Å². The van der Waals surface area contributed by atoms with Gasteiger partial charge in [0.1, 0.15) is 17.9 Å². The Hall–Kier alpha value is -2.57. The highest BCUT2D eigenvalue weighted by Gasteiger charge is 2.15. The summed E-state index contributed by atoms with van der Waals surface area (Å²) < 4.78 is 6.29. The van der Waals surface area contributed by atoms with Crippen LogP contribution in [0.4, 0.5) is 5.69 Å². The normalized spacial score (nSPS) is 10.6. The average molecular weight is 291 g/mol. The van der Waals surface area contributed by atoms with E-state index in [1.54, 1.807) is 6.20 Å². The fourth-order valence-corrected chi connectivity index (χ4v) is 2.01. The fourth-order valence-electron chi connectivity index (χ4n) is 2.01. The second-order valence-corrected chi connectivity index (χ2v) is 4.69. The minimum Gasteiger partial charge on any atom is -0.478 e. The maximum absolute atomic E-state index is 12.0. The third kappa shape index (κ3) is 3.31. The van der Waals surface area contributed by atoms with Crippen LogP contribution < -0.4 is 10.5 Å². The highest BCUT2D eigenvalue weighted by molar-refractivity contribution is 5.88. The molecule has 0 aliphatic carbocycles. The number of aromatic carboxylic acids is 1. The zero-order chi connectivity index (χ0) is 15.4. The summed E-state index contributed by atoms with van der Waals surface area (Å²) in [6, 6.07) is 2.83. The topological polar surface area (TPSA) is 88.6 Å². The maximum Gasteiger partial charge on any atom is 0.339 e. The maximum atomic E-state index is 12.0. The molecule has 2 heterocycles. The molecular formula is C14H17N3O4. The number of aromatic nitrogens is 2. The van der Waals surface area contributed by atoms with Crippen molar-refractivity contribution < 1.29 is 14.3 Å². The SMILES string of the molecule is CCCN(C)c1cnn(Cc2occc2C(=O)O)c(=O)c1. The third-order valence-electron chi connectivity index (χ3n) is 3.12. The largest absolute Gasteiger partial charge is 0.478 e. The monoisotopic (exact) mass is 291 g/mol. The summed E-state index contributed by atoms with van der Waals surface area (Å²) in [5, 5.41) is 13.1. The van der Waals surface area contributed by atoms with E-state index in [9.17, 15) is 9.59 Å². The molecule has 0 bridgehead atoms. The molecule has 0 aromatic carbocycles. The van der Waals surface area contributed by atoms with Crippen molar-refractivity contribution in [2.24, 2.45) is 0 Å². The fraction of sp³-hybridized carbons (Fsp3) is 0.357. The van der Waals surface area contributed by atoms with E-state index >= 15 is 0 Å². The van der Waals surface area contributed by atoms with Crippen molar-refractivity contribution >= 4 is 11.7 Å². The molecule has 112 valence electrons. The molecule has 1 N–H and O–H groups in total. The van der Waals surface area contributed by atoms with Crippen LogP contribution >= 0.6 is 0 Å². The predicted molar refractivity (Wildman–Crippen MR) is 76.8 cm³/mol. The molecule has 2 aromatic rings. The van der Waals surface area contributed by atoms with Crippen LogP contribution in [0.5, 0.6) is 0 Å². The molecule has 0 saturated carbocycles. The lowest BCUT2D eigenvalue weighted by Crippen LogP contribution is -2.26. The highest BCUT2D eigenvalue weighted by Crippen LogP contribution is 2.12. The standard InChI is InChI=1S/C14H17N3O4/c1-3-5-16(2)10-7-13(18)17(15-8-10)9-12-11(14(19)20)4-6-21-12/h4,6-8H,3,5,9H2,1-2H3,(H,19,20). The number of nitrogens with zero attached hydrogens (tertiary/aromatic N) is 3. The minimum atomic E-state index is -1.09. The van der Waals surface area contributed by atoms with E-state index in [0.29, 0.717) is 0 Å². The number of anilines is 1. The molecule has 0 unspecified atom stereocenters. The molecule has 0 aliphatic heterocycles. The van der Waals surface area contributed by atoms with Crippen LogP contribution in [-0.2, 0) is 6.54 Å². The molecule has 0 aliphatic rings. The minimum absolute atomic E-state index is 0.00869. The van der Waals surface area contributed by atoms with Gasteiger partial charge in [-0.25, -0.2) is 9.48 Å². The van der Waals surface area contributed by atoms with Crippen molar-refractivity contribution in [2.45, 2.75) is 19.9 Å². The molecule has 2 aromatic heterocycles. The average Bonchev–Trinajstić information content (AvgIpc) is 2.89. The van der Waals surface area contributed by atoms with E-state index in [1.165, 1.54) is 23.1 Å². The van der Waals surface area contributed by atoms with Gasteiger partial charge in [-0.2, -0.15) is 5.10 Å². The predicted octanol–water partition coefficient (Wildman–Crippen LogP) is 1.43. The van der Waals surface area contributed by atoms with Crippen molar-refractivity contribution in [1.29, 1.82) is 0 Å². The van der Waals surface area contributed by atoms with Crippen LogP contribution in [0.2, 0.25) is 0 Å². The summed E-state index contributed by atoms with van der Waals surface area (Å²) in [5.41, 5.74) is 0.468. The van der Waals surface area contributed by atoms with Gasteiger partial charge in [-0.05, 0) is 12.5 Å². The zero-order valence-corrected chi connectivity index (χ0v) is 11.9. The van der Waals surface area contributed by atoms with Gasteiger partial charge < -0.3 is 14.4 Å². The van der Waals surface area contributed by atoms with Crippen LogP contribution in [0, 0.1) is 0 Å². The van der Waals surface area contributed by atoms with Crippen LogP contribution in [-0.4, -0.2) is 34.4 Å². The molecule has 0 amide bonds.